The fraction of sp³-hybridized carbons (Fsp3) is 0.294. The minimum atomic E-state index is -3.22. The van der Waals surface area contributed by atoms with Crippen LogP contribution in [0.5, 0.6) is 5.75 Å². The molecule has 0 fully saturated rings. The summed E-state index contributed by atoms with van der Waals surface area (Å²) in [4.78, 5) is 0.237. The van der Waals surface area contributed by atoms with Crippen LogP contribution >= 0.6 is 0 Å². The normalized spacial score (nSPS) is 12.9. The molecule has 0 saturated carbocycles. The number of ether oxygens (including phenoxy) is 1. The topological polar surface area (TPSA) is 63.6 Å². The summed E-state index contributed by atoms with van der Waals surface area (Å²) in [5, 5.41) is 10.2. The summed E-state index contributed by atoms with van der Waals surface area (Å²) in [7, 11) is -3.22. The number of aliphatic hydroxyl groups excluding tert-OH is 1. The van der Waals surface area contributed by atoms with Gasteiger partial charge in [0.1, 0.15) is 18.5 Å². The van der Waals surface area contributed by atoms with Crippen molar-refractivity contribution in [2.75, 3.05) is 12.9 Å². The quantitative estimate of drug-likeness (QED) is 0.889. The Hall–Kier alpha value is -1.85. The van der Waals surface area contributed by atoms with E-state index in [4.69, 9.17) is 4.74 Å². The third-order valence-corrected chi connectivity index (χ3v) is 4.57. The molecule has 0 radical (unpaired) electrons. The number of aryl methyl sites for hydroxylation is 1. The lowest BCUT2D eigenvalue weighted by Crippen LogP contribution is -2.10. The van der Waals surface area contributed by atoms with E-state index >= 15 is 0 Å². The van der Waals surface area contributed by atoms with Gasteiger partial charge in [-0.05, 0) is 35.7 Å². The van der Waals surface area contributed by atoms with Gasteiger partial charge >= 0.3 is 0 Å². The summed E-state index contributed by atoms with van der Waals surface area (Å²) in [5.74, 6) is 0.761. The van der Waals surface area contributed by atoms with E-state index in [-0.39, 0.29) is 11.5 Å². The van der Waals surface area contributed by atoms with Crippen molar-refractivity contribution in [1.29, 1.82) is 0 Å². The van der Waals surface area contributed by atoms with Crippen molar-refractivity contribution in [3.05, 3.63) is 59.7 Å². The molecule has 0 aliphatic rings. The Bertz CT molecular complexity index is 721. The highest BCUT2D eigenvalue weighted by Gasteiger charge is 2.12. The summed E-state index contributed by atoms with van der Waals surface area (Å²) >= 11 is 0. The molecule has 0 aliphatic heterocycles. The molecule has 4 nitrogen and oxygen atoms in total. The molecule has 0 saturated heterocycles. The summed E-state index contributed by atoms with van der Waals surface area (Å²) in [6, 6.07) is 13.9. The Labute approximate surface area is 131 Å². The van der Waals surface area contributed by atoms with Gasteiger partial charge in [0, 0.05) is 6.26 Å². The maximum Gasteiger partial charge on any atom is 0.175 e. The number of benzene rings is 2. The number of para-hydroxylation sites is 1. The molecule has 0 aromatic heterocycles. The van der Waals surface area contributed by atoms with Gasteiger partial charge in [-0.1, -0.05) is 37.3 Å². The average Bonchev–Trinajstić information content (AvgIpc) is 2.52. The first-order valence-electron chi connectivity index (χ1n) is 7.10. The van der Waals surface area contributed by atoms with Crippen LogP contribution in [-0.4, -0.2) is 26.4 Å². The first-order valence-corrected chi connectivity index (χ1v) is 8.99. The van der Waals surface area contributed by atoms with E-state index in [1.807, 2.05) is 31.2 Å². The van der Waals surface area contributed by atoms with Gasteiger partial charge in [-0.25, -0.2) is 8.42 Å². The van der Waals surface area contributed by atoms with Gasteiger partial charge in [0.05, 0.1) is 4.90 Å². The minimum absolute atomic E-state index is 0.120. The van der Waals surface area contributed by atoms with Crippen molar-refractivity contribution in [2.24, 2.45) is 0 Å². The van der Waals surface area contributed by atoms with Gasteiger partial charge in [-0.3, -0.25) is 0 Å². The van der Waals surface area contributed by atoms with Crippen LogP contribution in [0.3, 0.4) is 0 Å². The van der Waals surface area contributed by atoms with E-state index in [1.165, 1.54) is 12.1 Å². The number of sulfone groups is 1. The lowest BCUT2D eigenvalue weighted by molar-refractivity contribution is 0.107. The Balaban J connectivity index is 2.05. The third-order valence-electron chi connectivity index (χ3n) is 3.44. The van der Waals surface area contributed by atoms with Gasteiger partial charge in [0.25, 0.3) is 0 Å². The van der Waals surface area contributed by atoms with Crippen LogP contribution in [0.2, 0.25) is 0 Å². The van der Waals surface area contributed by atoms with E-state index in [1.54, 1.807) is 12.1 Å². The van der Waals surface area contributed by atoms with Crippen molar-refractivity contribution >= 4 is 9.84 Å². The highest BCUT2D eigenvalue weighted by Crippen LogP contribution is 2.21. The molecule has 0 heterocycles. The van der Waals surface area contributed by atoms with Crippen LogP contribution in [0.15, 0.2) is 53.4 Å². The molecule has 5 heteroatoms. The van der Waals surface area contributed by atoms with Crippen molar-refractivity contribution in [3.8, 4) is 5.75 Å². The molecule has 2 rings (SSSR count). The Morgan fingerprint density at radius 3 is 2.32 bits per heavy atom. The molecule has 0 amide bonds. The van der Waals surface area contributed by atoms with Crippen LogP contribution < -0.4 is 4.74 Å². The molecule has 1 N–H and O–H groups in total. The molecule has 22 heavy (non-hydrogen) atoms. The van der Waals surface area contributed by atoms with Crippen LogP contribution in [0.25, 0.3) is 0 Å². The van der Waals surface area contributed by atoms with Gasteiger partial charge in [-0.15, -0.1) is 0 Å². The molecular weight excluding hydrogens is 300 g/mol. The van der Waals surface area contributed by atoms with Crippen LogP contribution in [0, 0.1) is 0 Å². The second kappa shape index (κ2) is 6.94. The smallest absolute Gasteiger partial charge is 0.175 e. The number of hydrogen-bond donors (Lipinski definition) is 1. The maximum atomic E-state index is 11.4. The molecule has 0 aliphatic carbocycles. The zero-order valence-corrected chi connectivity index (χ0v) is 13.5. The number of hydrogen-bond acceptors (Lipinski definition) is 4. The van der Waals surface area contributed by atoms with Crippen LogP contribution in [0.4, 0.5) is 0 Å². The molecule has 2 aromatic rings. The van der Waals surface area contributed by atoms with E-state index in [0.717, 1.165) is 24.0 Å². The van der Waals surface area contributed by atoms with E-state index in [9.17, 15) is 13.5 Å². The minimum Gasteiger partial charge on any atom is -0.490 e. The number of aliphatic hydroxyl groups is 1. The molecule has 0 spiro atoms. The molecule has 0 bridgehead atoms. The zero-order chi connectivity index (χ0) is 16.2. The lowest BCUT2D eigenvalue weighted by Gasteiger charge is -2.15. The predicted octanol–water partition coefficient (Wildman–Crippen LogP) is 2.76. The second-order valence-electron chi connectivity index (χ2n) is 5.13. The Morgan fingerprint density at radius 1 is 1.09 bits per heavy atom. The van der Waals surface area contributed by atoms with Crippen molar-refractivity contribution < 1.29 is 18.3 Å². The van der Waals surface area contributed by atoms with Crippen molar-refractivity contribution in [1.82, 2.24) is 0 Å². The molecule has 1 unspecified atom stereocenters. The SMILES string of the molecule is CCc1ccccc1OCC(O)c1ccc(S(C)(=O)=O)cc1. The van der Waals surface area contributed by atoms with Gasteiger partial charge in [0.2, 0.25) is 0 Å². The van der Waals surface area contributed by atoms with E-state index < -0.39 is 15.9 Å². The molecule has 118 valence electrons. The fourth-order valence-electron chi connectivity index (χ4n) is 2.14. The van der Waals surface area contributed by atoms with Crippen molar-refractivity contribution in [2.45, 2.75) is 24.3 Å². The van der Waals surface area contributed by atoms with E-state index in [2.05, 4.69) is 0 Å². The standard InChI is InChI=1S/C17H20O4S/c1-3-13-6-4-5-7-17(13)21-12-16(18)14-8-10-15(11-9-14)22(2,19)20/h4-11,16,18H,3,12H2,1-2H3. The highest BCUT2D eigenvalue weighted by atomic mass is 32.2. The third kappa shape index (κ3) is 4.08. The van der Waals surface area contributed by atoms with Crippen molar-refractivity contribution in [3.63, 3.8) is 0 Å². The molecular formula is C17H20O4S. The maximum absolute atomic E-state index is 11.4. The Kier molecular flexibility index (Phi) is 5.21. The lowest BCUT2D eigenvalue weighted by atomic mass is 10.1. The second-order valence-corrected chi connectivity index (χ2v) is 7.15. The zero-order valence-electron chi connectivity index (χ0n) is 12.7. The first-order chi connectivity index (χ1) is 10.4. The molecule has 2 aromatic carbocycles. The first kappa shape index (κ1) is 16.5. The number of rotatable bonds is 6. The Morgan fingerprint density at radius 2 is 1.73 bits per heavy atom. The van der Waals surface area contributed by atoms with Crippen LogP contribution in [-0.2, 0) is 16.3 Å². The fourth-order valence-corrected chi connectivity index (χ4v) is 2.77. The van der Waals surface area contributed by atoms with Gasteiger partial charge in [0.15, 0.2) is 9.84 Å². The summed E-state index contributed by atoms with van der Waals surface area (Å²) in [5.41, 5.74) is 1.71. The summed E-state index contributed by atoms with van der Waals surface area (Å²) < 4.78 is 28.5. The van der Waals surface area contributed by atoms with Gasteiger partial charge < -0.3 is 9.84 Å². The predicted molar refractivity (Wildman–Crippen MR) is 85.8 cm³/mol. The van der Waals surface area contributed by atoms with E-state index in [0.29, 0.717) is 5.56 Å². The average molecular weight is 320 g/mol. The largest absolute Gasteiger partial charge is 0.490 e. The highest BCUT2D eigenvalue weighted by molar-refractivity contribution is 7.90. The monoisotopic (exact) mass is 320 g/mol. The molecule has 1 atom stereocenters. The summed E-state index contributed by atoms with van der Waals surface area (Å²) in [6.45, 7) is 2.16. The summed E-state index contributed by atoms with van der Waals surface area (Å²) in [6.07, 6.45) is 1.21. The van der Waals surface area contributed by atoms with Gasteiger partial charge in [-0.2, -0.15) is 0 Å². The van der Waals surface area contributed by atoms with Crippen LogP contribution in [0.1, 0.15) is 24.2 Å².